The van der Waals surface area contributed by atoms with E-state index in [1.807, 2.05) is 62.4 Å². The molecule has 1 aliphatic heterocycles. The van der Waals surface area contributed by atoms with Crippen molar-refractivity contribution >= 4 is 29.5 Å². The molecule has 14 heteroatoms. The quantitative estimate of drug-likeness (QED) is 0.234. The molecule has 0 unspecified atom stereocenters. The molecule has 2 bridgehead atoms. The Morgan fingerprint density at radius 1 is 0.981 bits per heavy atom. The highest BCUT2D eigenvalue weighted by molar-refractivity contribution is 5.94. The van der Waals surface area contributed by atoms with Gasteiger partial charge in [0.1, 0.15) is 18.1 Å². The lowest BCUT2D eigenvalue weighted by molar-refractivity contribution is -0.134. The maximum atomic E-state index is 13.9. The molecule has 2 heterocycles. The Morgan fingerprint density at radius 2 is 1.75 bits per heavy atom. The van der Waals surface area contributed by atoms with Crippen LogP contribution < -0.4 is 36.1 Å². The summed E-state index contributed by atoms with van der Waals surface area (Å²) in [5, 5.41) is 18.4. The molecule has 5 N–H and O–H groups in total. The number of methoxy groups -OCH3 is 1. The van der Waals surface area contributed by atoms with E-state index in [0.717, 1.165) is 16.8 Å². The topological polar surface area (TPSA) is 182 Å². The molecular formula is C38H51N7O7. The van der Waals surface area contributed by atoms with Crippen LogP contribution in [0.3, 0.4) is 0 Å². The first-order chi connectivity index (χ1) is 25.0. The summed E-state index contributed by atoms with van der Waals surface area (Å²) in [6.45, 7) is 4.00. The van der Waals surface area contributed by atoms with Crippen molar-refractivity contribution < 1.29 is 33.4 Å². The molecule has 0 saturated heterocycles. The highest BCUT2D eigenvalue weighted by atomic mass is 16.5. The number of rotatable bonds is 8. The van der Waals surface area contributed by atoms with Crippen LogP contribution >= 0.6 is 0 Å². The van der Waals surface area contributed by atoms with Gasteiger partial charge in [0.05, 0.1) is 7.11 Å². The van der Waals surface area contributed by atoms with Gasteiger partial charge in [-0.3, -0.25) is 28.7 Å². The Bertz CT molecular complexity index is 1660. The zero-order valence-corrected chi connectivity index (χ0v) is 30.4. The van der Waals surface area contributed by atoms with E-state index in [4.69, 9.17) is 9.47 Å². The molecule has 14 nitrogen and oxygen atoms in total. The maximum Gasteiger partial charge on any atom is 0.257 e. The first-order valence-electron chi connectivity index (χ1n) is 17.8. The number of nitrogens with one attached hydrogen (secondary N) is 5. The monoisotopic (exact) mass is 717 g/mol. The number of fused-ring (bicyclic) bond motifs is 2. The molecule has 0 aliphatic carbocycles. The average molecular weight is 718 g/mol. The Balaban J connectivity index is 1.56. The minimum atomic E-state index is -1.04. The van der Waals surface area contributed by atoms with Crippen LogP contribution in [0.5, 0.6) is 11.5 Å². The van der Waals surface area contributed by atoms with Crippen LogP contribution in [-0.2, 0) is 50.3 Å². The van der Waals surface area contributed by atoms with Gasteiger partial charge < -0.3 is 36.1 Å². The normalized spacial score (nSPS) is 19.8. The molecule has 0 fully saturated rings. The first kappa shape index (κ1) is 39.4. The lowest BCUT2D eigenvalue weighted by Crippen LogP contribution is -2.58. The number of benzene rings is 2. The Kier molecular flexibility index (Phi) is 15.0. The molecule has 52 heavy (non-hydrogen) atoms. The fraction of sp³-hybridized carbons (Fsp3) is 0.474. The smallest absolute Gasteiger partial charge is 0.257 e. The average Bonchev–Trinajstić information content (AvgIpc) is 3.55. The zero-order chi connectivity index (χ0) is 37.5. The van der Waals surface area contributed by atoms with Gasteiger partial charge in [-0.25, -0.2) is 0 Å². The summed E-state index contributed by atoms with van der Waals surface area (Å²) in [6.07, 6.45) is 4.09. The van der Waals surface area contributed by atoms with Crippen LogP contribution in [0.2, 0.25) is 0 Å². The Morgan fingerprint density at radius 3 is 2.46 bits per heavy atom. The second kappa shape index (κ2) is 19.8. The van der Waals surface area contributed by atoms with Gasteiger partial charge >= 0.3 is 0 Å². The molecule has 2 aromatic carbocycles. The van der Waals surface area contributed by atoms with Crippen LogP contribution in [0.15, 0.2) is 60.8 Å². The molecule has 3 atom stereocenters. The Labute approximate surface area is 304 Å². The van der Waals surface area contributed by atoms with Gasteiger partial charge in [0.15, 0.2) is 18.1 Å². The molecular weight excluding hydrogens is 666 g/mol. The largest absolute Gasteiger partial charge is 0.493 e. The molecule has 0 radical (unpaired) electrons. The lowest BCUT2D eigenvalue weighted by atomic mass is 10.00. The number of nitrogens with zero attached hydrogens (tertiary/aromatic N) is 2. The van der Waals surface area contributed by atoms with Crippen LogP contribution in [0.4, 0.5) is 0 Å². The van der Waals surface area contributed by atoms with Crippen molar-refractivity contribution in [3.05, 3.63) is 77.6 Å². The third-order valence-corrected chi connectivity index (χ3v) is 8.86. The van der Waals surface area contributed by atoms with Crippen molar-refractivity contribution in [2.45, 2.75) is 76.9 Å². The van der Waals surface area contributed by atoms with Crippen molar-refractivity contribution in [1.82, 2.24) is 36.4 Å². The number of hydrogen-bond acceptors (Lipinski definition) is 8. The molecule has 1 aliphatic rings. The van der Waals surface area contributed by atoms with Crippen LogP contribution in [-0.4, -0.2) is 84.2 Å². The second-order valence-corrected chi connectivity index (χ2v) is 13.2. The third kappa shape index (κ3) is 12.1. The number of carbonyl (C=O) groups excluding carboxylic acids is 5. The Hall–Kier alpha value is -5.40. The SMILES string of the molecule is COc1ccc2cc1OCC(=O)NCCC[C@H](NC(=O)CCc1ccnn1C)C(=O)N[C@@H](Cc1ccccc1)C(=O)N[C@H](C(C)C)C(=O)NCCC2. The summed E-state index contributed by atoms with van der Waals surface area (Å²) < 4.78 is 12.9. The minimum absolute atomic E-state index is 0.112. The van der Waals surface area contributed by atoms with Crippen molar-refractivity contribution in [1.29, 1.82) is 0 Å². The summed E-state index contributed by atoms with van der Waals surface area (Å²) in [5.41, 5.74) is 2.60. The van der Waals surface area contributed by atoms with Gasteiger partial charge in [-0.15, -0.1) is 0 Å². The van der Waals surface area contributed by atoms with Crippen LogP contribution in [0.1, 0.15) is 56.4 Å². The van der Waals surface area contributed by atoms with E-state index in [-0.39, 0.29) is 56.1 Å². The van der Waals surface area contributed by atoms with Crippen LogP contribution in [0.25, 0.3) is 0 Å². The standard InChI is InChI=1S/C38H51N7O7/c1-25(2)35-38(50)40-20-8-12-27-14-16-31(51-4)32(23-27)52-24-34(47)39-19-9-13-29(42-33(46)17-15-28-18-21-41-45(28)3)36(48)43-30(37(49)44-35)22-26-10-6-5-7-11-26/h5-7,10-11,14,16,18,21,23,25,29-30,35H,8-9,12-13,15,17,19-20,22,24H2,1-4H3,(H,39,47)(H,40,50)(H,42,46)(H,43,48)(H,44,49)/t29-,30-,35+/m0/s1. The summed E-state index contributed by atoms with van der Waals surface area (Å²) in [7, 11) is 3.31. The highest BCUT2D eigenvalue weighted by Gasteiger charge is 2.31. The maximum absolute atomic E-state index is 13.9. The van der Waals surface area contributed by atoms with Gasteiger partial charge in [0.2, 0.25) is 23.6 Å². The fourth-order valence-electron chi connectivity index (χ4n) is 5.88. The summed E-state index contributed by atoms with van der Waals surface area (Å²) >= 11 is 0. The van der Waals surface area contributed by atoms with Crippen LogP contribution in [0, 0.1) is 5.92 Å². The molecule has 0 saturated carbocycles. The third-order valence-electron chi connectivity index (χ3n) is 8.86. The van der Waals surface area contributed by atoms with Gasteiger partial charge in [0, 0.05) is 44.9 Å². The molecule has 5 amide bonds. The van der Waals surface area contributed by atoms with E-state index in [0.29, 0.717) is 43.7 Å². The van der Waals surface area contributed by atoms with Crippen molar-refractivity contribution in [2.24, 2.45) is 13.0 Å². The number of ether oxygens (including phenoxy) is 2. The van der Waals surface area contributed by atoms with Gasteiger partial charge in [-0.1, -0.05) is 50.2 Å². The second-order valence-electron chi connectivity index (χ2n) is 13.2. The van der Waals surface area contributed by atoms with Gasteiger partial charge in [-0.05, 0) is 67.3 Å². The van der Waals surface area contributed by atoms with E-state index in [1.165, 1.54) is 7.11 Å². The van der Waals surface area contributed by atoms with Gasteiger partial charge in [0.25, 0.3) is 5.91 Å². The zero-order valence-electron chi connectivity index (χ0n) is 30.4. The van der Waals surface area contributed by atoms with Crippen molar-refractivity contribution in [3.8, 4) is 11.5 Å². The first-order valence-corrected chi connectivity index (χ1v) is 17.8. The molecule has 4 rings (SSSR count). The molecule has 0 spiro atoms. The number of carbonyl (C=O) groups is 5. The molecule has 280 valence electrons. The predicted octanol–water partition coefficient (Wildman–Crippen LogP) is 1.75. The van der Waals surface area contributed by atoms with E-state index in [1.54, 1.807) is 24.0 Å². The lowest BCUT2D eigenvalue weighted by Gasteiger charge is -2.27. The van der Waals surface area contributed by atoms with Crippen molar-refractivity contribution in [3.63, 3.8) is 0 Å². The van der Waals surface area contributed by atoms with E-state index < -0.39 is 29.9 Å². The molecule has 3 aromatic rings. The number of aryl methyl sites for hydroxylation is 3. The molecule has 1 aromatic heterocycles. The fourth-order valence-corrected chi connectivity index (χ4v) is 5.88. The summed E-state index contributed by atoms with van der Waals surface area (Å²) in [5.74, 6) is -1.47. The number of amides is 5. The van der Waals surface area contributed by atoms with E-state index in [9.17, 15) is 24.0 Å². The minimum Gasteiger partial charge on any atom is -0.493 e. The summed E-state index contributed by atoms with van der Waals surface area (Å²) in [6, 6.07) is 13.6. The number of hydrogen-bond donors (Lipinski definition) is 5. The number of aromatic nitrogens is 2. The predicted molar refractivity (Wildman–Crippen MR) is 194 cm³/mol. The van der Waals surface area contributed by atoms with Gasteiger partial charge in [-0.2, -0.15) is 5.10 Å². The van der Waals surface area contributed by atoms with Crippen molar-refractivity contribution in [2.75, 3.05) is 26.8 Å². The van der Waals surface area contributed by atoms with E-state index >= 15 is 0 Å². The summed E-state index contributed by atoms with van der Waals surface area (Å²) in [4.78, 5) is 67.0. The van der Waals surface area contributed by atoms with E-state index in [2.05, 4.69) is 31.7 Å². The highest BCUT2D eigenvalue weighted by Crippen LogP contribution is 2.28.